The molecule has 1 N–H and O–H groups in total. The van der Waals surface area contributed by atoms with Crippen LogP contribution in [0.25, 0.3) is 0 Å². The molecule has 1 aliphatic carbocycles. The van der Waals surface area contributed by atoms with Crippen molar-refractivity contribution < 1.29 is 4.79 Å². The van der Waals surface area contributed by atoms with E-state index in [1.165, 1.54) is 32.1 Å². The number of hydrogen-bond acceptors (Lipinski definition) is 4. The van der Waals surface area contributed by atoms with Gasteiger partial charge >= 0.3 is 0 Å². The summed E-state index contributed by atoms with van der Waals surface area (Å²) in [6.07, 6.45) is 9.14. The summed E-state index contributed by atoms with van der Waals surface area (Å²) in [6.45, 7) is 6.85. The molecule has 3 heterocycles. The Hall–Kier alpha value is -1.14. The monoisotopic (exact) mass is 381 g/mol. The molecule has 3 aliphatic rings. The third-order valence-electron chi connectivity index (χ3n) is 6.50. The summed E-state index contributed by atoms with van der Waals surface area (Å²) < 4.78 is 2.29. The Labute approximate surface area is 162 Å². The Morgan fingerprint density at radius 2 is 1.88 bits per heavy atom. The standard InChI is InChI=1S/C19H31N5O.ClH/c1-19(7-3-2-4-8-19)13-17(25)23-10-5-15(6-11-23)18-22-21-16-14-20-9-12-24(16)18;/h15,20H,2-14H2,1H3;1H. The number of nitrogens with zero attached hydrogens (tertiary/aromatic N) is 4. The van der Waals surface area contributed by atoms with Crippen LogP contribution in [0.2, 0.25) is 0 Å². The molecule has 0 bridgehead atoms. The number of likely N-dealkylation sites (tertiary alicyclic amines) is 1. The van der Waals surface area contributed by atoms with Gasteiger partial charge in [-0.2, -0.15) is 0 Å². The van der Waals surface area contributed by atoms with Gasteiger partial charge in [-0.15, -0.1) is 22.6 Å². The van der Waals surface area contributed by atoms with Gasteiger partial charge in [-0.3, -0.25) is 4.79 Å². The summed E-state index contributed by atoms with van der Waals surface area (Å²) in [5, 5.41) is 12.2. The van der Waals surface area contributed by atoms with Crippen LogP contribution in [-0.2, 0) is 17.9 Å². The average molecular weight is 382 g/mol. The van der Waals surface area contributed by atoms with Gasteiger partial charge in [0.2, 0.25) is 5.91 Å². The highest BCUT2D eigenvalue weighted by Crippen LogP contribution is 2.39. The van der Waals surface area contributed by atoms with Gasteiger partial charge in [-0.1, -0.05) is 26.2 Å². The summed E-state index contributed by atoms with van der Waals surface area (Å²) in [4.78, 5) is 14.9. The number of aromatic nitrogens is 3. The topological polar surface area (TPSA) is 63.1 Å². The van der Waals surface area contributed by atoms with Crippen molar-refractivity contribution in [3.05, 3.63) is 11.6 Å². The minimum Gasteiger partial charge on any atom is -0.343 e. The van der Waals surface area contributed by atoms with Crippen molar-refractivity contribution >= 4 is 18.3 Å². The third-order valence-corrected chi connectivity index (χ3v) is 6.50. The first-order chi connectivity index (χ1) is 12.1. The molecule has 0 radical (unpaired) electrons. The molecule has 7 heteroatoms. The second kappa shape index (κ2) is 8.26. The van der Waals surface area contributed by atoms with Crippen molar-refractivity contribution in [2.24, 2.45) is 5.41 Å². The van der Waals surface area contributed by atoms with E-state index < -0.39 is 0 Å². The summed E-state index contributed by atoms with van der Waals surface area (Å²) >= 11 is 0. The predicted octanol–water partition coefficient (Wildman–Crippen LogP) is 2.87. The van der Waals surface area contributed by atoms with E-state index in [0.29, 0.717) is 11.8 Å². The van der Waals surface area contributed by atoms with Crippen LogP contribution in [0.4, 0.5) is 0 Å². The lowest BCUT2D eigenvalue weighted by Gasteiger charge is -2.37. The van der Waals surface area contributed by atoms with Gasteiger partial charge in [0, 0.05) is 38.5 Å². The zero-order valence-corrected chi connectivity index (χ0v) is 16.7. The van der Waals surface area contributed by atoms with Crippen LogP contribution in [0.15, 0.2) is 0 Å². The number of halogens is 1. The van der Waals surface area contributed by atoms with E-state index in [1.54, 1.807) is 0 Å². The summed E-state index contributed by atoms with van der Waals surface area (Å²) in [6, 6.07) is 0. The van der Waals surface area contributed by atoms with Crippen molar-refractivity contribution in [3.63, 3.8) is 0 Å². The number of piperidine rings is 1. The number of amides is 1. The minimum absolute atomic E-state index is 0. The van der Waals surface area contributed by atoms with Gasteiger partial charge in [-0.25, -0.2) is 0 Å². The summed E-state index contributed by atoms with van der Waals surface area (Å²) in [5.41, 5.74) is 0.241. The molecule has 0 atom stereocenters. The molecule has 0 spiro atoms. The lowest BCUT2D eigenvalue weighted by atomic mass is 9.73. The lowest BCUT2D eigenvalue weighted by Crippen LogP contribution is -2.41. The molecule has 6 nitrogen and oxygen atoms in total. The Bertz CT molecular complexity index is 617. The van der Waals surface area contributed by atoms with Gasteiger partial charge in [-0.05, 0) is 31.1 Å². The molecule has 1 aromatic heterocycles. The number of hydrogen-bond donors (Lipinski definition) is 1. The number of fused-ring (bicyclic) bond motifs is 1. The fraction of sp³-hybridized carbons (Fsp3) is 0.842. The van der Waals surface area contributed by atoms with Crippen LogP contribution >= 0.6 is 12.4 Å². The van der Waals surface area contributed by atoms with E-state index in [1.807, 2.05) is 0 Å². The second-order valence-corrected chi connectivity index (χ2v) is 8.51. The van der Waals surface area contributed by atoms with Crippen LogP contribution in [0.3, 0.4) is 0 Å². The first-order valence-electron chi connectivity index (χ1n) is 10.1. The zero-order chi connectivity index (χ0) is 17.3. The first-order valence-corrected chi connectivity index (χ1v) is 10.1. The molecular weight excluding hydrogens is 350 g/mol. The summed E-state index contributed by atoms with van der Waals surface area (Å²) in [5.74, 6) is 3.02. The van der Waals surface area contributed by atoms with Gasteiger partial charge < -0.3 is 14.8 Å². The highest BCUT2D eigenvalue weighted by Gasteiger charge is 2.33. The van der Waals surface area contributed by atoms with Crippen molar-refractivity contribution in [1.82, 2.24) is 25.0 Å². The maximum Gasteiger partial charge on any atom is 0.223 e. The average Bonchev–Trinajstić information content (AvgIpc) is 3.06. The van der Waals surface area contributed by atoms with E-state index in [9.17, 15) is 4.79 Å². The van der Waals surface area contributed by atoms with E-state index in [0.717, 1.165) is 63.6 Å². The maximum atomic E-state index is 12.8. The lowest BCUT2D eigenvalue weighted by molar-refractivity contribution is -0.135. The molecular formula is C19H32ClN5O. The fourth-order valence-electron chi connectivity index (χ4n) is 4.86. The molecule has 2 aliphatic heterocycles. The first kappa shape index (κ1) is 19.6. The van der Waals surface area contributed by atoms with E-state index in [-0.39, 0.29) is 17.8 Å². The largest absolute Gasteiger partial charge is 0.343 e. The third kappa shape index (κ3) is 4.06. The van der Waals surface area contributed by atoms with Gasteiger partial charge in [0.25, 0.3) is 0 Å². The van der Waals surface area contributed by atoms with Crippen molar-refractivity contribution in [3.8, 4) is 0 Å². The molecule has 146 valence electrons. The molecule has 4 rings (SSSR count). The molecule has 1 amide bonds. The fourth-order valence-corrected chi connectivity index (χ4v) is 4.86. The van der Waals surface area contributed by atoms with Crippen molar-refractivity contribution in [1.29, 1.82) is 0 Å². The molecule has 1 saturated heterocycles. The Morgan fingerprint density at radius 1 is 1.15 bits per heavy atom. The zero-order valence-electron chi connectivity index (χ0n) is 15.9. The molecule has 2 fully saturated rings. The normalized spacial score (nSPS) is 23.2. The number of rotatable bonds is 3. The Kier molecular flexibility index (Phi) is 6.23. The smallest absolute Gasteiger partial charge is 0.223 e. The molecule has 1 saturated carbocycles. The van der Waals surface area contributed by atoms with Crippen molar-refractivity contribution in [2.45, 2.75) is 77.3 Å². The minimum atomic E-state index is 0. The van der Waals surface area contributed by atoms with Crippen LogP contribution in [0.5, 0.6) is 0 Å². The molecule has 26 heavy (non-hydrogen) atoms. The van der Waals surface area contributed by atoms with Gasteiger partial charge in [0.15, 0.2) is 0 Å². The number of carbonyl (C=O) groups is 1. The Balaban J connectivity index is 0.00000196. The molecule has 1 aromatic rings. The van der Waals surface area contributed by atoms with Crippen LogP contribution in [0, 0.1) is 5.41 Å². The SMILES string of the molecule is CC1(CC(=O)N2CCC(c3nnc4n3CCNC4)CC2)CCCCC1.Cl. The Morgan fingerprint density at radius 3 is 2.62 bits per heavy atom. The maximum absolute atomic E-state index is 12.8. The van der Waals surface area contributed by atoms with Crippen LogP contribution < -0.4 is 5.32 Å². The number of nitrogens with one attached hydrogen (secondary N) is 1. The van der Waals surface area contributed by atoms with Crippen LogP contribution in [0.1, 0.15) is 75.9 Å². The van der Waals surface area contributed by atoms with Gasteiger partial charge in [0.1, 0.15) is 11.6 Å². The van der Waals surface area contributed by atoms with E-state index in [4.69, 9.17) is 0 Å². The van der Waals surface area contributed by atoms with E-state index in [2.05, 4.69) is 31.9 Å². The number of carbonyl (C=O) groups excluding carboxylic acids is 1. The van der Waals surface area contributed by atoms with E-state index >= 15 is 0 Å². The molecule has 0 unspecified atom stereocenters. The predicted molar refractivity (Wildman–Crippen MR) is 103 cm³/mol. The van der Waals surface area contributed by atoms with Crippen molar-refractivity contribution in [2.75, 3.05) is 19.6 Å². The highest BCUT2D eigenvalue weighted by molar-refractivity contribution is 5.85. The second-order valence-electron chi connectivity index (χ2n) is 8.51. The van der Waals surface area contributed by atoms with Gasteiger partial charge in [0.05, 0.1) is 6.54 Å². The highest BCUT2D eigenvalue weighted by atomic mass is 35.5. The summed E-state index contributed by atoms with van der Waals surface area (Å²) in [7, 11) is 0. The quantitative estimate of drug-likeness (QED) is 0.874. The van der Waals surface area contributed by atoms with Crippen LogP contribution in [-0.4, -0.2) is 45.2 Å². The molecule has 0 aromatic carbocycles.